The summed E-state index contributed by atoms with van der Waals surface area (Å²) >= 11 is 0. The summed E-state index contributed by atoms with van der Waals surface area (Å²) in [5, 5.41) is 0. The highest BCUT2D eigenvalue weighted by molar-refractivity contribution is 5.24. The SMILES string of the molecule is CC1CCC(C)CC1.CC1CCC(C)CC1.Cc1ccc(C)c(F)c1F.Cc1ccc(C)cc1.[HH]. The molecule has 0 saturated heterocycles. The lowest BCUT2D eigenvalue weighted by atomic mass is 9.84. The van der Waals surface area contributed by atoms with Gasteiger partial charge in [0.15, 0.2) is 11.6 Å². The van der Waals surface area contributed by atoms with Crippen LogP contribution in [0.25, 0.3) is 0 Å². The van der Waals surface area contributed by atoms with Gasteiger partial charge < -0.3 is 0 Å². The fourth-order valence-electron chi connectivity index (χ4n) is 4.23. The fourth-order valence-corrected chi connectivity index (χ4v) is 4.23. The molecule has 0 radical (unpaired) electrons. The second-order valence-electron chi connectivity index (χ2n) is 11.2. The molecule has 0 nitrogen and oxygen atoms in total. The Morgan fingerprint density at radius 3 is 0.882 bits per heavy atom. The number of hydrogen-bond acceptors (Lipinski definition) is 0. The quantitative estimate of drug-likeness (QED) is 0.356. The molecule has 2 aliphatic carbocycles. The van der Waals surface area contributed by atoms with Gasteiger partial charge in [0.1, 0.15) is 0 Å². The van der Waals surface area contributed by atoms with E-state index in [0.717, 1.165) is 23.7 Å². The minimum Gasteiger partial charge on any atom is -0.203 e. The summed E-state index contributed by atoms with van der Waals surface area (Å²) < 4.78 is 25.2. The Bertz CT molecular complexity index is 711. The van der Waals surface area contributed by atoms with Gasteiger partial charge in [0.25, 0.3) is 0 Å². The number of halogens is 2. The minimum absolute atomic E-state index is 0. The average molecular weight is 475 g/mol. The zero-order valence-electron chi connectivity index (χ0n) is 23.2. The Morgan fingerprint density at radius 2 is 0.676 bits per heavy atom. The number of rotatable bonds is 0. The van der Waals surface area contributed by atoms with E-state index in [1.807, 2.05) is 0 Å². The zero-order valence-corrected chi connectivity index (χ0v) is 23.2. The van der Waals surface area contributed by atoms with E-state index >= 15 is 0 Å². The third kappa shape index (κ3) is 12.7. The second-order valence-corrected chi connectivity index (χ2v) is 11.2. The molecular formula is C32H52F2. The Labute approximate surface area is 211 Å². The lowest BCUT2D eigenvalue weighted by molar-refractivity contribution is 0.308. The van der Waals surface area contributed by atoms with Crippen molar-refractivity contribution in [1.82, 2.24) is 0 Å². The van der Waals surface area contributed by atoms with Crippen LogP contribution in [-0.4, -0.2) is 0 Å². The lowest BCUT2D eigenvalue weighted by Crippen LogP contribution is -2.08. The highest BCUT2D eigenvalue weighted by atomic mass is 19.2. The standard InChI is InChI=1S/C8H8F2.2C8H16.C8H10.H2/c1-5-3-4-6(2)8(10)7(5)9;3*1-7-3-5-8(2)6-4-7;/h3-4H,1-2H3;2*7-8H,3-6H2,1-2H3;3-6H,1-2H3;1H. The third-order valence-corrected chi connectivity index (χ3v) is 7.30. The van der Waals surface area contributed by atoms with Gasteiger partial charge in [0.05, 0.1) is 0 Å². The van der Waals surface area contributed by atoms with E-state index in [2.05, 4.69) is 65.8 Å². The van der Waals surface area contributed by atoms with E-state index in [9.17, 15) is 8.78 Å². The summed E-state index contributed by atoms with van der Waals surface area (Å²) in [6.07, 6.45) is 11.8. The van der Waals surface area contributed by atoms with E-state index in [4.69, 9.17) is 0 Å². The summed E-state index contributed by atoms with van der Waals surface area (Å²) in [5.41, 5.74) is 3.36. The first kappa shape index (κ1) is 30.3. The predicted octanol–water partition coefficient (Wildman–Crippen LogP) is 10.8. The van der Waals surface area contributed by atoms with Crippen LogP contribution < -0.4 is 0 Å². The van der Waals surface area contributed by atoms with Crippen molar-refractivity contribution in [2.24, 2.45) is 23.7 Å². The molecule has 0 spiro atoms. The van der Waals surface area contributed by atoms with Crippen LogP contribution in [0.2, 0.25) is 0 Å². The number of aryl methyl sites for hydroxylation is 4. The Balaban J connectivity index is 0.000000438. The molecule has 2 heteroatoms. The molecule has 0 aliphatic heterocycles. The van der Waals surface area contributed by atoms with Crippen LogP contribution in [0.15, 0.2) is 36.4 Å². The van der Waals surface area contributed by atoms with Crippen molar-refractivity contribution >= 4 is 0 Å². The molecule has 4 rings (SSSR count). The first-order valence-corrected chi connectivity index (χ1v) is 13.4. The Hall–Kier alpha value is -1.70. The molecule has 0 aromatic heterocycles. The van der Waals surface area contributed by atoms with E-state index < -0.39 is 11.6 Å². The van der Waals surface area contributed by atoms with Crippen LogP contribution in [0.4, 0.5) is 8.78 Å². The summed E-state index contributed by atoms with van der Waals surface area (Å²) in [7, 11) is 0. The maximum atomic E-state index is 12.6. The van der Waals surface area contributed by atoms with Gasteiger partial charge in [0, 0.05) is 1.43 Å². The molecule has 0 amide bonds. The molecule has 2 aromatic rings. The van der Waals surface area contributed by atoms with Crippen LogP contribution in [0.1, 0.15) is 103 Å². The van der Waals surface area contributed by atoms with Crippen LogP contribution in [0, 0.1) is 63.0 Å². The fraction of sp³-hybridized carbons (Fsp3) is 0.625. The second kappa shape index (κ2) is 16.1. The zero-order chi connectivity index (χ0) is 25.7. The monoisotopic (exact) mass is 474 g/mol. The normalized spacial score (nSPS) is 23.8. The third-order valence-electron chi connectivity index (χ3n) is 7.30. The predicted molar refractivity (Wildman–Crippen MR) is 147 cm³/mol. The van der Waals surface area contributed by atoms with E-state index in [1.165, 1.54) is 76.3 Å². The molecule has 0 bridgehead atoms. The summed E-state index contributed by atoms with van der Waals surface area (Å²) in [6, 6.07) is 11.6. The van der Waals surface area contributed by atoms with Gasteiger partial charge in [-0.2, -0.15) is 0 Å². The first-order chi connectivity index (χ1) is 16.0. The van der Waals surface area contributed by atoms with Crippen molar-refractivity contribution in [2.45, 2.75) is 107 Å². The van der Waals surface area contributed by atoms with Crippen LogP contribution >= 0.6 is 0 Å². The van der Waals surface area contributed by atoms with E-state index in [1.54, 1.807) is 12.1 Å². The van der Waals surface area contributed by atoms with E-state index in [0.29, 0.717) is 11.1 Å². The number of hydrogen-bond donors (Lipinski definition) is 0. The largest absolute Gasteiger partial charge is 0.203 e. The first-order valence-electron chi connectivity index (χ1n) is 13.4. The van der Waals surface area contributed by atoms with Gasteiger partial charge in [-0.05, 0) is 62.5 Å². The van der Waals surface area contributed by atoms with Gasteiger partial charge >= 0.3 is 0 Å². The van der Waals surface area contributed by atoms with Crippen LogP contribution in [-0.2, 0) is 0 Å². The van der Waals surface area contributed by atoms with Crippen molar-refractivity contribution in [3.05, 3.63) is 70.3 Å². The van der Waals surface area contributed by atoms with Gasteiger partial charge in [-0.3, -0.25) is 0 Å². The molecule has 2 fully saturated rings. The molecule has 2 aromatic carbocycles. The van der Waals surface area contributed by atoms with Gasteiger partial charge in [0.2, 0.25) is 0 Å². The maximum Gasteiger partial charge on any atom is 0.161 e. The molecule has 0 unspecified atom stereocenters. The van der Waals surface area contributed by atoms with Gasteiger partial charge in [-0.25, -0.2) is 8.78 Å². The summed E-state index contributed by atoms with van der Waals surface area (Å²) in [6.45, 7) is 16.7. The molecule has 2 aliphatic rings. The van der Waals surface area contributed by atoms with Crippen molar-refractivity contribution in [3.63, 3.8) is 0 Å². The Kier molecular flexibility index (Phi) is 14.3. The maximum absolute atomic E-state index is 12.6. The van der Waals surface area contributed by atoms with Crippen molar-refractivity contribution in [3.8, 4) is 0 Å². The van der Waals surface area contributed by atoms with Crippen LogP contribution in [0.5, 0.6) is 0 Å². The molecule has 194 valence electrons. The van der Waals surface area contributed by atoms with Crippen LogP contribution in [0.3, 0.4) is 0 Å². The van der Waals surface area contributed by atoms with E-state index in [-0.39, 0.29) is 1.43 Å². The van der Waals surface area contributed by atoms with Crippen molar-refractivity contribution < 1.29 is 10.2 Å². The molecule has 0 atom stereocenters. The molecular weight excluding hydrogens is 422 g/mol. The van der Waals surface area contributed by atoms with Gasteiger partial charge in [-0.15, -0.1) is 0 Å². The smallest absolute Gasteiger partial charge is 0.161 e. The summed E-state index contributed by atoms with van der Waals surface area (Å²) in [4.78, 5) is 0. The molecule has 34 heavy (non-hydrogen) atoms. The average Bonchev–Trinajstić information content (AvgIpc) is 2.82. The number of benzene rings is 2. The lowest BCUT2D eigenvalue weighted by Gasteiger charge is -2.22. The Morgan fingerprint density at radius 1 is 0.471 bits per heavy atom. The van der Waals surface area contributed by atoms with Gasteiger partial charge in [-0.1, -0.05) is 127 Å². The molecule has 0 heterocycles. The highest BCUT2D eigenvalue weighted by Crippen LogP contribution is 2.28. The van der Waals surface area contributed by atoms with Crippen molar-refractivity contribution in [1.29, 1.82) is 0 Å². The summed E-state index contributed by atoms with van der Waals surface area (Å²) in [5.74, 6) is 2.61. The van der Waals surface area contributed by atoms with Crippen molar-refractivity contribution in [2.75, 3.05) is 0 Å². The highest BCUT2D eigenvalue weighted by Gasteiger charge is 2.13. The minimum atomic E-state index is -0.736. The molecule has 2 saturated carbocycles. The topological polar surface area (TPSA) is 0 Å². The molecule has 0 N–H and O–H groups in total.